The molecule has 0 bridgehead atoms. The number of nitrogens with zero attached hydrogens (tertiary/aromatic N) is 2. The topological polar surface area (TPSA) is 82.6 Å². The normalized spacial score (nSPS) is 11.4. The van der Waals surface area contributed by atoms with Gasteiger partial charge in [-0.05, 0) is 5.56 Å². The predicted octanol–water partition coefficient (Wildman–Crippen LogP) is 2.93. The maximum Gasteiger partial charge on any atom is 0.324 e. The van der Waals surface area contributed by atoms with Crippen LogP contribution in [0.25, 0.3) is 0 Å². The number of carbonyl (C=O) groups is 1. The molecule has 1 N–H and O–H groups in total. The van der Waals surface area contributed by atoms with Crippen molar-refractivity contribution in [1.29, 1.82) is 0 Å². The predicted molar refractivity (Wildman–Crippen MR) is 103 cm³/mol. The number of hydrogen-bond donors (Lipinski definition) is 1. The van der Waals surface area contributed by atoms with Crippen molar-refractivity contribution >= 4 is 5.91 Å². The molecule has 1 unspecified atom stereocenters. The van der Waals surface area contributed by atoms with Crippen molar-refractivity contribution in [3.63, 3.8) is 0 Å². The first-order valence-electron chi connectivity index (χ1n) is 8.70. The zero-order valence-corrected chi connectivity index (χ0v) is 15.7. The van der Waals surface area contributed by atoms with Gasteiger partial charge in [-0.3, -0.25) is 4.79 Å². The van der Waals surface area contributed by atoms with E-state index in [0.717, 1.165) is 5.56 Å². The summed E-state index contributed by atoms with van der Waals surface area (Å²) in [5.74, 6) is 0.247. The molecule has 0 radical (unpaired) electrons. The van der Waals surface area contributed by atoms with Crippen LogP contribution in [0, 0.1) is 0 Å². The Kier molecular flexibility index (Phi) is 6.41. The van der Waals surface area contributed by atoms with Gasteiger partial charge in [0, 0.05) is 12.1 Å². The van der Waals surface area contributed by atoms with Gasteiger partial charge < -0.3 is 19.5 Å². The van der Waals surface area contributed by atoms with E-state index in [9.17, 15) is 4.79 Å². The van der Waals surface area contributed by atoms with Crippen LogP contribution in [0.1, 0.15) is 17.2 Å². The minimum absolute atomic E-state index is 0.0140. The third-order valence-corrected chi connectivity index (χ3v) is 3.95. The molecule has 3 rings (SSSR count). The van der Waals surface area contributed by atoms with Crippen LogP contribution in [0.2, 0.25) is 0 Å². The Labute approximate surface area is 163 Å². The van der Waals surface area contributed by atoms with Crippen molar-refractivity contribution < 1.29 is 19.0 Å². The number of ether oxygens (including phenoxy) is 3. The third kappa shape index (κ3) is 4.97. The van der Waals surface area contributed by atoms with Gasteiger partial charge in [0.2, 0.25) is 17.9 Å². The number of benzene rings is 2. The fourth-order valence-electron chi connectivity index (χ4n) is 2.53. The molecule has 0 fully saturated rings. The molecule has 0 aliphatic rings. The Balaban J connectivity index is 1.82. The Morgan fingerprint density at radius 3 is 2.07 bits per heavy atom. The summed E-state index contributed by atoms with van der Waals surface area (Å²) in [4.78, 5) is 21.2. The van der Waals surface area contributed by atoms with Crippen molar-refractivity contribution in [3.8, 4) is 17.8 Å². The van der Waals surface area contributed by atoms with E-state index in [-0.39, 0.29) is 23.7 Å². The fourth-order valence-corrected chi connectivity index (χ4v) is 2.53. The van der Waals surface area contributed by atoms with Crippen molar-refractivity contribution in [2.75, 3.05) is 14.2 Å². The lowest BCUT2D eigenvalue weighted by Gasteiger charge is -2.18. The maximum absolute atomic E-state index is 12.9. The van der Waals surface area contributed by atoms with Crippen LogP contribution in [0.5, 0.6) is 17.8 Å². The molecule has 0 saturated carbocycles. The number of amides is 1. The molecular weight excluding hydrogens is 358 g/mol. The van der Waals surface area contributed by atoms with Gasteiger partial charge in [0.1, 0.15) is 0 Å². The zero-order chi connectivity index (χ0) is 19.8. The summed E-state index contributed by atoms with van der Waals surface area (Å²) in [5.41, 5.74) is 1.67. The second-order valence-electron chi connectivity index (χ2n) is 5.85. The zero-order valence-electron chi connectivity index (χ0n) is 15.7. The van der Waals surface area contributed by atoms with Gasteiger partial charge in [0.15, 0.2) is 0 Å². The molecule has 28 heavy (non-hydrogen) atoms. The number of hydrogen-bond acceptors (Lipinski definition) is 6. The van der Waals surface area contributed by atoms with E-state index in [4.69, 9.17) is 14.2 Å². The SMILES string of the molecule is COc1cc(OC)nc(OC(C(=O)NCc2ccccc2)c2ccccc2)n1. The standard InChI is InChI=1S/C21H21N3O4/c1-26-17-13-18(27-2)24-21(23-17)28-19(16-11-7-4-8-12-16)20(25)22-14-15-9-5-3-6-10-15/h3-13,19H,14H2,1-2H3,(H,22,25). The Morgan fingerprint density at radius 1 is 0.929 bits per heavy atom. The molecule has 0 aliphatic heterocycles. The van der Waals surface area contributed by atoms with Crippen molar-refractivity contribution in [3.05, 3.63) is 77.9 Å². The summed E-state index contributed by atoms with van der Waals surface area (Å²) >= 11 is 0. The summed E-state index contributed by atoms with van der Waals surface area (Å²) in [5, 5.41) is 2.89. The number of nitrogens with one attached hydrogen (secondary N) is 1. The van der Waals surface area contributed by atoms with Crippen LogP contribution in [0.4, 0.5) is 0 Å². The minimum Gasteiger partial charge on any atom is -0.481 e. The van der Waals surface area contributed by atoms with Crippen molar-refractivity contribution in [2.45, 2.75) is 12.6 Å². The quantitative estimate of drug-likeness (QED) is 0.648. The molecule has 1 atom stereocenters. The first-order valence-corrected chi connectivity index (χ1v) is 8.70. The summed E-state index contributed by atoms with van der Waals surface area (Å²) < 4.78 is 16.1. The second kappa shape index (κ2) is 9.36. The molecule has 7 nitrogen and oxygen atoms in total. The first-order chi connectivity index (χ1) is 13.7. The molecule has 0 saturated heterocycles. The summed E-state index contributed by atoms with van der Waals surface area (Å²) in [6, 6.07) is 20.3. The van der Waals surface area contributed by atoms with Crippen LogP contribution in [-0.2, 0) is 11.3 Å². The van der Waals surface area contributed by atoms with E-state index >= 15 is 0 Å². The highest BCUT2D eigenvalue weighted by Gasteiger charge is 2.24. The van der Waals surface area contributed by atoms with Crippen LogP contribution in [0.15, 0.2) is 66.7 Å². The lowest BCUT2D eigenvalue weighted by molar-refractivity contribution is -0.128. The Hall–Kier alpha value is -3.61. The van der Waals surface area contributed by atoms with Gasteiger partial charge in [-0.15, -0.1) is 0 Å². The molecular formula is C21H21N3O4. The monoisotopic (exact) mass is 379 g/mol. The van der Waals surface area contributed by atoms with E-state index < -0.39 is 6.10 Å². The molecule has 1 heterocycles. The smallest absolute Gasteiger partial charge is 0.324 e. The van der Waals surface area contributed by atoms with Crippen LogP contribution < -0.4 is 19.5 Å². The summed E-state index contributed by atoms with van der Waals surface area (Å²) in [7, 11) is 2.96. The average Bonchev–Trinajstić information content (AvgIpc) is 2.76. The summed E-state index contributed by atoms with van der Waals surface area (Å²) in [6.07, 6.45) is -0.929. The molecule has 0 aliphatic carbocycles. The third-order valence-electron chi connectivity index (χ3n) is 3.95. The molecule has 0 spiro atoms. The van der Waals surface area contributed by atoms with Crippen LogP contribution >= 0.6 is 0 Å². The highest BCUT2D eigenvalue weighted by Crippen LogP contribution is 2.24. The molecule has 1 amide bonds. The van der Waals surface area contributed by atoms with E-state index in [1.54, 1.807) is 0 Å². The summed E-state index contributed by atoms with van der Waals surface area (Å²) in [6.45, 7) is 0.384. The highest BCUT2D eigenvalue weighted by atomic mass is 16.5. The molecule has 7 heteroatoms. The van der Waals surface area contributed by atoms with Gasteiger partial charge in [-0.2, -0.15) is 9.97 Å². The van der Waals surface area contributed by atoms with E-state index in [1.807, 2.05) is 60.7 Å². The highest BCUT2D eigenvalue weighted by molar-refractivity contribution is 5.82. The van der Waals surface area contributed by atoms with E-state index in [0.29, 0.717) is 12.1 Å². The number of aromatic nitrogens is 2. The van der Waals surface area contributed by atoms with E-state index in [1.165, 1.54) is 20.3 Å². The van der Waals surface area contributed by atoms with Crippen molar-refractivity contribution in [2.24, 2.45) is 0 Å². The van der Waals surface area contributed by atoms with Crippen LogP contribution in [-0.4, -0.2) is 30.1 Å². The lowest BCUT2D eigenvalue weighted by atomic mass is 10.1. The van der Waals surface area contributed by atoms with Gasteiger partial charge in [-0.25, -0.2) is 0 Å². The van der Waals surface area contributed by atoms with Gasteiger partial charge in [-0.1, -0.05) is 60.7 Å². The minimum atomic E-state index is -0.929. The fraction of sp³-hybridized carbons (Fsp3) is 0.190. The largest absolute Gasteiger partial charge is 0.481 e. The lowest BCUT2D eigenvalue weighted by Crippen LogP contribution is -2.32. The Bertz CT molecular complexity index is 882. The van der Waals surface area contributed by atoms with Gasteiger partial charge >= 0.3 is 6.01 Å². The number of methoxy groups -OCH3 is 2. The van der Waals surface area contributed by atoms with Crippen LogP contribution in [0.3, 0.4) is 0 Å². The molecule has 2 aromatic carbocycles. The average molecular weight is 379 g/mol. The number of carbonyl (C=O) groups excluding carboxylic acids is 1. The van der Waals surface area contributed by atoms with Gasteiger partial charge in [0.25, 0.3) is 5.91 Å². The molecule has 1 aromatic heterocycles. The maximum atomic E-state index is 12.9. The van der Waals surface area contributed by atoms with E-state index in [2.05, 4.69) is 15.3 Å². The molecule has 144 valence electrons. The van der Waals surface area contributed by atoms with Gasteiger partial charge in [0.05, 0.1) is 20.3 Å². The first kappa shape index (κ1) is 19.2. The second-order valence-corrected chi connectivity index (χ2v) is 5.85. The Morgan fingerprint density at radius 2 is 1.50 bits per heavy atom. The molecule has 3 aromatic rings. The number of rotatable bonds is 8. The van der Waals surface area contributed by atoms with Crippen molar-refractivity contribution in [1.82, 2.24) is 15.3 Å².